The molecule has 2 rings (SSSR count). The van der Waals surface area contributed by atoms with Crippen LogP contribution >= 0.6 is 11.3 Å². The van der Waals surface area contributed by atoms with E-state index < -0.39 is 0 Å². The van der Waals surface area contributed by atoms with Crippen LogP contribution in [0.5, 0.6) is 0 Å². The van der Waals surface area contributed by atoms with E-state index >= 15 is 0 Å². The topological polar surface area (TPSA) is 25.8 Å². The van der Waals surface area contributed by atoms with Crippen LogP contribution in [0.1, 0.15) is 5.69 Å². The average Bonchev–Trinajstić information content (AvgIpc) is 2.33. The van der Waals surface area contributed by atoms with Gasteiger partial charge in [0, 0.05) is 17.0 Å². The summed E-state index contributed by atoms with van der Waals surface area (Å²) in [5, 5.41) is 4.01. The molecule has 10 heavy (non-hydrogen) atoms. The number of aryl methyl sites for hydroxylation is 1. The minimum atomic E-state index is 0.978. The van der Waals surface area contributed by atoms with Crippen molar-refractivity contribution in [3.63, 3.8) is 0 Å². The lowest BCUT2D eigenvalue weighted by Gasteiger charge is -1.88. The lowest BCUT2D eigenvalue weighted by Crippen LogP contribution is -1.81. The highest BCUT2D eigenvalue weighted by atomic mass is 32.1. The van der Waals surface area contributed by atoms with Crippen molar-refractivity contribution in [2.45, 2.75) is 6.92 Å². The molecule has 0 aliphatic rings. The van der Waals surface area contributed by atoms with E-state index in [-0.39, 0.29) is 0 Å². The van der Waals surface area contributed by atoms with Gasteiger partial charge in [0.25, 0.3) is 0 Å². The largest absolute Gasteiger partial charge is 0.252 e. The zero-order valence-corrected chi connectivity index (χ0v) is 6.35. The second-order valence-corrected chi connectivity index (χ2v) is 2.90. The second-order valence-electron chi connectivity index (χ2n) is 2.15. The van der Waals surface area contributed by atoms with Crippen molar-refractivity contribution in [3.8, 4) is 0 Å². The van der Waals surface area contributed by atoms with E-state index in [0.29, 0.717) is 0 Å². The number of fused-ring (bicyclic) bond motifs is 1. The highest BCUT2D eigenvalue weighted by Gasteiger charge is 1.94. The first kappa shape index (κ1) is 5.80. The normalized spacial score (nSPS) is 10.5. The summed E-state index contributed by atoms with van der Waals surface area (Å²) in [5.74, 6) is 0. The molecule has 0 aliphatic heterocycles. The van der Waals surface area contributed by atoms with Crippen LogP contribution in [-0.4, -0.2) is 9.97 Å². The predicted molar refractivity (Wildman–Crippen MR) is 42.2 cm³/mol. The summed E-state index contributed by atoms with van der Waals surface area (Å²) in [6.45, 7) is 1.95. The fourth-order valence-corrected chi connectivity index (χ4v) is 1.53. The molecule has 0 fully saturated rings. The van der Waals surface area contributed by atoms with Gasteiger partial charge < -0.3 is 0 Å². The number of nitrogens with zero attached hydrogens (tertiary/aromatic N) is 2. The van der Waals surface area contributed by atoms with Crippen molar-refractivity contribution >= 4 is 22.4 Å². The third-order valence-corrected chi connectivity index (χ3v) is 2.03. The Morgan fingerprint density at radius 1 is 1.30 bits per heavy atom. The molecule has 0 spiro atoms. The third kappa shape index (κ3) is 0.789. The first-order chi connectivity index (χ1) is 4.86. The minimum absolute atomic E-state index is 0.978. The van der Waals surface area contributed by atoms with E-state index in [1.165, 1.54) is 0 Å². The maximum Gasteiger partial charge on any atom is 0.0997 e. The van der Waals surface area contributed by atoms with Crippen LogP contribution in [0.2, 0.25) is 0 Å². The Bertz CT molecular complexity index is 353. The van der Waals surface area contributed by atoms with E-state index in [1.807, 2.05) is 17.7 Å². The molecule has 0 radical (unpaired) electrons. The summed E-state index contributed by atoms with van der Waals surface area (Å²) < 4.78 is 0. The summed E-state index contributed by atoms with van der Waals surface area (Å²) in [6, 6.07) is 0. The Hall–Kier alpha value is -0.960. The van der Waals surface area contributed by atoms with Gasteiger partial charge in [-0.2, -0.15) is 0 Å². The van der Waals surface area contributed by atoms with Gasteiger partial charge in [-0.05, 0) is 6.92 Å². The number of aromatic nitrogens is 2. The third-order valence-electron chi connectivity index (χ3n) is 1.31. The summed E-state index contributed by atoms with van der Waals surface area (Å²) in [4.78, 5) is 8.47. The van der Waals surface area contributed by atoms with Crippen molar-refractivity contribution in [1.82, 2.24) is 9.97 Å². The van der Waals surface area contributed by atoms with Gasteiger partial charge in [-0.1, -0.05) is 0 Å². The Labute approximate surface area is 62.6 Å². The Balaban J connectivity index is 2.86. The lowest BCUT2D eigenvalue weighted by atomic mass is 10.4. The van der Waals surface area contributed by atoms with Gasteiger partial charge in [0.05, 0.1) is 16.7 Å². The van der Waals surface area contributed by atoms with Gasteiger partial charge in [-0.3, -0.25) is 4.98 Å². The van der Waals surface area contributed by atoms with E-state index in [1.54, 1.807) is 17.5 Å². The van der Waals surface area contributed by atoms with Crippen LogP contribution in [0.25, 0.3) is 11.0 Å². The molecule has 0 bridgehead atoms. The molecule has 0 atom stereocenters. The van der Waals surface area contributed by atoms with Crippen LogP contribution in [0.3, 0.4) is 0 Å². The van der Waals surface area contributed by atoms with Crippen LogP contribution in [0, 0.1) is 6.92 Å². The Kier molecular flexibility index (Phi) is 1.17. The molecule has 3 heteroatoms. The second kappa shape index (κ2) is 2.02. The van der Waals surface area contributed by atoms with E-state index in [2.05, 4.69) is 9.97 Å². The molecule has 2 aromatic rings. The molecule has 0 amide bonds. The van der Waals surface area contributed by atoms with Gasteiger partial charge >= 0.3 is 0 Å². The van der Waals surface area contributed by atoms with Crippen molar-refractivity contribution in [1.29, 1.82) is 0 Å². The Morgan fingerprint density at radius 2 is 2.10 bits per heavy atom. The first-order valence-electron chi connectivity index (χ1n) is 3.02. The van der Waals surface area contributed by atoms with Gasteiger partial charge in [-0.15, -0.1) is 11.3 Å². The summed E-state index contributed by atoms with van der Waals surface area (Å²) in [5.41, 5.74) is 2.98. The zero-order valence-electron chi connectivity index (χ0n) is 5.53. The summed E-state index contributed by atoms with van der Waals surface area (Å²) in [6.07, 6.45) is 1.79. The average molecular weight is 150 g/mol. The van der Waals surface area contributed by atoms with Gasteiger partial charge in [0.1, 0.15) is 0 Å². The maximum absolute atomic E-state index is 4.28. The fourth-order valence-electron chi connectivity index (χ4n) is 0.846. The lowest BCUT2D eigenvalue weighted by molar-refractivity contribution is 1.19. The van der Waals surface area contributed by atoms with E-state index in [0.717, 1.165) is 16.7 Å². The molecule has 0 saturated heterocycles. The van der Waals surface area contributed by atoms with Crippen molar-refractivity contribution < 1.29 is 0 Å². The molecule has 50 valence electrons. The molecular formula is C7H6N2S. The predicted octanol–water partition coefficient (Wildman–Crippen LogP) is 2.00. The number of hydrogen-bond acceptors (Lipinski definition) is 3. The molecule has 2 nitrogen and oxygen atoms in total. The monoisotopic (exact) mass is 150 g/mol. The molecule has 2 heterocycles. The summed E-state index contributed by atoms with van der Waals surface area (Å²) in [7, 11) is 0. The van der Waals surface area contributed by atoms with Gasteiger partial charge in [0.2, 0.25) is 0 Å². The quantitative estimate of drug-likeness (QED) is 0.574. The molecule has 0 saturated carbocycles. The highest BCUT2D eigenvalue weighted by Crippen LogP contribution is 2.13. The first-order valence-corrected chi connectivity index (χ1v) is 3.96. The highest BCUT2D eigenvalue weighted by molar-refractivity contribution is 7.09. The fraction of sp³-hybridized carbons (Fsp3) is 0.143. The maximum atomic E-state index is 4.28. The van der Waals surface area contributed by atoms with Crippen LogP contribution in [-0.2, 0) is 0 Å². The molecule has 0 aliphatic carbocycles. The number of rotatable bonds is 0. The number of thiophene rings is 1. The van der Waals surface area contributed by atoms with Gasteiger partial charge in [-0.25, -0.2) is 4.98 Å². The standard InChI is InChI=1S/C7H6N2S/c1-5-2-8-6-3-10-4-7(6)9-5/h2-4H,1H3. The molecule has 0 N–H and O–H groups in total. The van der Waals surface area contributed by atoms with Crippen LogP contribution < -0.4 is 0 Å². The van der Waals surface area contributed by atoms with Crippen LogP contribution in [0.15, 0.2) is 17.0 Å². The van der Waals surface area contributed by atoms with Crippen LogP contribution in [0.4, 0.5) is 0 Å². The molecular weight excluding hydrogens is 144 g/mol. The van der Waals surface area contributed by atoms with Crippen molar-refractivity contribution in [2.75, 3.05) is 0 Å². The Morgan fingerprint density at radius 3 is 3.00 bits per heavy atom. The van der Waals surface area contributed by atoms with Gasteiger partial charge in [0.15, 0.2) is 0 Å². The minimum Gasteiger partial charge on any atom is -0.252 e. The SMILES string of the molecule is Cc1cnc2cscc2n1. The molecule has 0 unspecified atom stereocenters. The summed E-state index contributed by atoms with van der Waals surface area (Å²) >= 11 is 1.64. The van der Waals surface area contributed by atoms with Crippen molar-refractivity contribution in [2.24, 2.45) is 0 Å². The number of hydrogen-bond donors (Lipinski definition) is 0. The molecule has 2 aromatic heterocycles. The zero-order chi connectivity index (χ0) is 6.97. The van der Waals surface area contributed by atoms with E-state index in [4.69, 9.17) is 0 Å². The molecule has 0 aromatic carbocycles. The smallest absolute Gasteiger partial charge is 0.0997 e. The van der Waals surface area contributed by atoms with E-state index in [9.17, 15) is 0 Å². The van der Waals surface area contributed by atoms with Crippen molar-refractivity contribution in [3.05, 3.63) is 22.7 Å².